The van der Waals surface area contributed by atoms with Crippen molar-refractivity contribution in [2.75, 3.05) is 4.90 Å². The number of nitrogens with zero attached hydrogens (tertiary/aromatic N) is 7. The summed E-state index contributed by atoms with van der Waals surface area (Å²) in [5.41, 5.74) is 13.7. The Balaban J connectivity index is 1.03. The summed E-state index contributed by atoms with van der Waals surface area (Å²) in [7, 11) is 0. The number of fused-ring (bicyclic) bond motifs is 3. The van der Waals surface area contributed by atoms with Gasteiger partial charge in [0.2, 0.25) is 5.69 Å². The lowest BCUT2D eigenvalue weighted by Crippen LogP contribution is -2.09. The second kappa shape index (κ2) is 15.9. The quantitative estimate of drug-likeness (QED) is 0.144. The smallest absolute Gasteiger partial charge is 0.211 e. The Morgan fingerprint density at radius 2 is 1.03 bits per heavy atom. The number of benzene rings is 8. The molecule has 2 aromatic heterocycles. The fourth-order valence-electron chi connectivity index (χ4n) is 8.05. The molecule has 0 radical (unpaired) electrons. The molecule has 0 bridgehead atoms. The first-order valence-corrected chi connectivity index (χ1v) is 20.0. The van der Waals surface area contributed by atoms with E-state index in [9.17, 15) is 5.26 Å². The highest BCUT2D eigenvalue weighted by Crippen LogP contribution is 2.42. The molecular formula is C55H33N7. The lowest BCUT2D eigenvalue weighted by Gasteiger charge is -2.26. The van der Waals surface area contributed by atoms with Gasteiger partial charge < -0.3 is 9.47 Å². The molecule has 0 unspecified atom stereocenters. The SMILES string of the molecule is [C-]#[N+]c1ccc(N(c2ccc(C#N)cc2)c2ccc3c(c2)c2ccccc2n3-c2ccc(-c3ccc(-c4cc(-c5ccccc5)nc(-c5ccccc5)n4)cc3)cc2[N+]#[C-])cc1. The molecular weight excluding hydrogens is 759 g/mol. The van der Waals surface area contributed by atoms with Crippen molar-refractivity contribution in [2.24, 2.45) is 0 Å². The van der Waals surface area contributed by atoms with Crippen LogP contribution in [0.3, 0.4) is 0 Å². The summed E-state index contributed by atoms with van der Waals surface area (Å²) in [5, 5.41) is 11.6. The largest absolute Gasteiger partial charge is 0.319 e. The number of aromatic nitrogens is 3. The molecule has 7 heteroatoms. The van der Waals surface area contributed by atoms with E-state index in [-0.39, 0.29) is 0 Å². The third-order valence-electron chi connectivity index (χ3n) is 11.1. The molecule has 0 saturated heterocycles. The summed E-state index contributed by atoms with van der Waals surface area (Å²) in [4.78, 5) is 19.7. The molecule has 0 aliphatic heterocycles. The summed E-state index contributed by atoms with van der Waals surface area (Å²) in [6.07, 6.45) is 0. The summed E-state index contributed by atoms with van der Waals surface area (Å²) >= 11 is 0. The first-order valence-electron chi connectivity index (χ1n) is 20.0. The Kier molecular flexibility index (Phi) is 9.56. The number of hydrogen-bond donors (Lipinski definition) is 0. The van der Waals surface area contributed by atoms with Crippen molar-refractivity contribution in [3.05, 3.63) is 229 Å². The van der Waals surface area contributed by atoms with E-state index in [1.165, 1.54) is 0 Å². The lowest BCUT2D eigenvalue weighted by molar-refractivity contribution is 1.18. The Hall–Kier alpha value is -9.09. The molecule has 0 fully saturated rings. The average Bonchev–Trinajstić information content (AvgIpc) is 3.68. The van der Waals surface area contributed by atoms with Crippen molar-refractivity contribution in [2.45, 2.75) is 0 Å². The maximum Gasteiger partial charge on any atom is 0.211 e. The second-order valence-electron chi connectivity index (χ2n) is 14.8. The zero-order chi connectivity index (χ0) is 42.0. The predicted molar refractivity (Wildman–Crippen MR) is 250 cm³/mol. The van der Waals surface area contributed by atoms with Crippen molar-refractivity contribution in [1.82, 2.24) is 14.5 Å². The maximum atomic E-state index is 9.49. The number of rotatable bonds is 8. The molecule has 7 nitrogen and oxygen atoms in total. The highest BCUT2D eigenvalue weighted by atomic mass is 15.1. The van der Waals surface area contributed by atoms with E-state index in [1.54, 1.807) is 0 Å². The van der Waals surface area contributed by atoms with E-state index in [2.05, 4.69) is 98.0 Å². The second-order valence-corrected chi connectivity index (χ2v) is 14.8. The van der Waals surface area contributed by atoms with Gasteiger partial charge >= 0.3 is 0 Å². The normalized spacial score (nSPS) is 10.9. The molecule has 0 saturated carbocycles. The number of anilines is 3. The van der Waals surface area contributed by atoms with E-state index in [4.69, 9.17) is 23.1 Å². The molecule has 0 N–H and O–H groups in total. The van der Waals surface area contributed by atoms with Crippen LogP contribution in [0, 0.1) is 24.5 Å². The molecule has 62 heavy (non-hydrogen) atoms. The predicted octanol–water partition coefficient (Wildman–Crippen LogP) is 14.7. The molecule has 0 aliphatic carbocycles. The zero-order valence-electron chi connectivity index (χ0n) is 33.2. The third-order valence-corrected chi connectivity index (χ3v) is 11.1. The van der Waals surface area contributed by atoms with Crippen LogP contribution in [0.15, 0.2) is 200 Å². The zero-order valence-corrected chi connectivity index (χ0v) is 33.2. The van der Waals surface area contributed by atoms with E-state index in [1.807, 2.05) is 127 Å². The van der Waals surface area contributed by atoms with Crippen LogP contribution in [0.2, 0.25) is 0 Å². The summed E-state index contributed by atoms with van der Waals surface area (Å²) in [5.74, 6) is 0.667. The van der Waals surface area contributed by atoms with Gasteiger partial charge in [-0.15, -0.1) is 0 Å². The summed E-state index contributed by atoms with van der Waals surface area (Å²) < 4.78 is 2.18. The van der Waals surface area contributed by atoms with Crippen molar-refractivity contribution in [3.8, 4) is 56.8 Å². The van der Waals surface area contributed by atoms with Crippen LogP contribution in [0.5, 0.6) is 0 Å². The van der Waals surface area contributed by atoms with Gasteiger partial charge in [-0.25, -0.2) is 19.7 Å². The fourth-order valence-corrected chi connectivity index (χ4v) is 8.05. The highest BCUT2D eigenvalue weighted by Gasteiger charge is 2.20. The van der Waals surface area contributed by atoms with E-state index >= 15 is 0 Å². The van der Waals surface area contributed by atoms with Gasteiger partial charge in [-0.2, -0.15) is 5.26 Å². The number of hydrogen-bond acceptors (Lipinski definition) is 4. The van der Waals surface area contributed by atoms with Crippen LogP contribution >= 0.6 is 0 Å². The monoisotopic (exact) mass is 791 g/mol. The van der Waals surface area contributed by atoms with Gasteiger partial charge in [0.1, 0.15) is 0 Å². The first kappa shape index (κ1) is 37.2. The molecule has 8 aromatic carbocycles. The molecule has 0 amide bonds. The topological polar surface area (TPSA) is 66.5 Å². The van der Waals surface area contributed by atoms with E-state index in [0.29, 0.717) is 22.8 Å². The Morgan fingerprint density at radius 1 is 0.468 bits per heavy atom. The van der Waals surface area contributed by atoms with Gasteiger partial charge in [0.25, 0.3) is 0 Å². The van der Waals surface area contributed by atoms with Crippen molar-refractivity contribution >= 4 is 50.2 Å². The van der Waals surface area contributed by atoms with Crippen LogP contribution in [0.1, 0.15) is 5.56 Å². The average molecular weight is 792 g/mol. The van der Waals surface area contributed by atoms with Crippen molar-refractivity contribution in [1.29, 1.82) is 5.26 Å². The number of para-hydroxylation sites is 1. The van der Waals surface area contributed by atoms with Gasteiger partial charge in [-0.1, -0.05) is 121 Å². The Morgan fingerprint density at radius 3 is 1.69 bits per heavy atom. The van der Waals surface area contributed by atoms with Gasteiger partial charge in [-0.05, 0) is 90.0 Å². The standard InChI is InChI=1S/C55H33N7/c1-57-43-24-28-45(29-25-43)61(44-26-17-37(36-56)18-27-44)46-30-32-53-48(34-46)47-15-9-10-16-52(47)62(53)54-31-23-42(33-51(54)58-2)38-19-21-40(22-20-38)50-35-49(39-11-5-3-6-12-39)59-55(60-50)41-13-7-4-8-14-41/h3-35H. The maximum absolute atomic E-state index is 9.49. The lowest BCUT2D eigenvalue weighted by atomic mass is 10.0. The van der Waals surface area contributed by atoms with Crippen LogP contribution < -0.4 is 4.90 Å². The van der Waals surface area contributed by atoms with Gasteiger partial charge in [-0.3, -0.25) is 0 Å². The van der Waals surface area contributed by atoms with E-state index < -0.39 is 0 Å². The van der Waals surface area contributed by atoms with Crippen LogP contribution in [-0.2, 0) is 0 Å². The minimum absolute atomic E-state index is 0.535. The van der Waals surface area contributed by atoms with E-state index in [0.717, 1.165) is 83.8 Å². The van der Waals surface area contributed by atoms with Crippen molar-refractivity contribution in [3.63, 3.8) is 0 Å². The minimum Gasteiger partial charge on any atom is -0.319 e. The summed E-state index contributed by atoms with van der Waals surface area (Å²) in [6, 6.07) is 68.5. The molecule has 2 heterocycles. The van der Waals surface area contributed by atoms with Crippen LogP contribution in [0.4, 0.5) is 28.4 Å². The van der Waals surface area contributed by atoms with Crippen LogP contribution in [0.25, 0.3) is 82.2 Å². The Bertz CT molecular complexity index is 3290. The highest BCUT2D eigenvalue weighted by molar-refractivity contribution is 6.11. The molecule has 0 aliphatic rings. The first-order chi connectivity index (χ1) is 30.6. The minimum atomic E-state index is 0.535. The van der Waals surface area contributed by atoms with Gasteiger partial charge in [0.05, 0.1) is 52.9 Å². The van der Waals surface area contributed by atoms with Gasteiger partial charge in [0, 0.05) is 44.5 Å². The van der Waals surface area contributed by atoms with Crippen LogP contribution in [-0.4, -0.2) is 14.5 Å². The van der Waals surface area contributed by atoms with Gasteiger partial charge in [0.15, 0.2) is 11.5 Å². The van der Waals surface area contributed by atoms with Crippen molar-refractivity contribution < 1.29 is 0 Å². The fraction of sp³-hybridized carbons (Fsp3) is 0. The summed E-state index contributed by atoms with van der Waals surface area (Å²) in [6.45, 7) is 15.9. The third kappa shape index (κ3) is 6.87. The molecule has 10 rings (SSSR count). The molecule has 0 atom stereocenters. The molecule has 10 aromatic rings. The number of nitriles is 1. The Labute approximate surface area is 359 Å². The molecule has 0 spiro atoms. The molecule has 288 valence electrons.